The van der Waals surface area contributed by atoms with Gasteiger partial charge in [0.25, 0.3) is 0 Å². The van der Waals surface area contributed by atoms with Gasteiger partial charge in [0.15, 0.2) is 17.3 Å². The van der Waals surface area contributed by atoms with Crippen molar-refractivity contribution in [3.05, 3.63) is 91.8 Å². The van der Waals surface area contributed by atoms with Gasteiger partial charge in [-0.2, -0.15) is 20.1 Å². The maximum atomic E-state index is 9.29. The van der Waals surface area contributed by atoms with E-state index in [4.69, 9.17) is 21.7 Å². The van der Waals surface area contributed by atoms with E-state index in [1.165, 1.54) is 0 Å². The first-order valence-electron chi connectivity index (χ1n) is 9.86. The molecule has 33 heavy (non-hydrogen) atoms. The van der Waals surface area contributed by atoms with Gasteiger partial charge in [-0.05, 0) is 58.6 Å². The summed E-state index contributed by atoms with van der Waals surface area (Å²) >= 11 is 7.54. The van der Waals surface area contributed by atoms with Gasteiger partial charge in [0, 0.05) is 11.1 Å². The Hall–Kier alpha value is -3.49. The molecular weight excluding hydrogens is 549 g/mol. The molecule has 4 rings (SSSR count). The molecule has 1 aromatic heterocycles. The van der Waals surface area contributed by atoms with Gasteiger partial charge in [0.2, 0.25) is 4.77 Å². The highest BCUT2D eigenvalue weighted by Gasteiger charge is 2.13. The van der Waals surface area contributed by atoms with Gasteiger partial charge in [0.1, 0.15) is 6.61 Å². The van der Waals surface area contributed by atoms with Crippen molar-refractivity contribution in [2.24, 2.45) is 5.10 Å². The number of aromatic amines is 1. The Morgan fingerprint density at radius 2 is 1.94 bits per heavy atom. The summed E-state index contributed by atoms with van der Waals surface area (Å²) in [4.78, 5) is 0. The monoisotopic (exact) mass is 567 g/mol. The average molecular weight is 567 g/mol. The van der Waals surface area contributed by atoms with Gasteiger partial charge >= 0.3 is 0 Å². The number of nitrogens with one attached hydrogen (secondary N) is 1. The maximum absolute atomic E-state index is 9.29. The molecule has 1 N–H and O–H groups in total. The first-order chi connectivity index (χ1) is 16.1. The zero-order chi connectivity index (χ0) is 23.2. The number of ether oxygens (including phenoxy) is 2. The van der Waals surface area contributed by atoms with Gasteiger partial charge < -0.3 is 9.47 Å². The van der Waals surface area contributed by atoms with E-state index in [1.807, 2.05) is 60.7 Å². The Balaban J connectivity index is 1.61. The highest BCUT2D eigenvalue weighted by atomic mass is 127. The minimum absolute atomic E-state index is 0.258. The quantitative estimate of drug-likeness (QED) is 0.180. The molecule has 7 nitrogen and oxygen atoms in total. The highest BCUT2D eigenvalue weighted by Crippen LogP contribution is 2.34. The van der Waals surface area contributed by atoms with Crippen LogP contribution in [0.25, 0.3) is 11.4 Å². The molecule has 0 atom stereocenters. The van der Waals surface area contributed by atoms with E-state index in [0.717, 1.165) is 20.3 Å². The smallest absolute Gasteiger partial charge is 0.216 e. The topological polar surface area (TPSA) is 88.2 Å². The van der Waals surface area contributed by atoms with Gasteiger partial charge in [-0.25, -0.2) is 5.10 Å². The number of aromatic nitrogens is 3. The Bertz CT molecular complexity index is 1410. The van der Waals surface area contributed by atoms with Crippen molar-refractivity contribution in [3.63, 3.8) is 0 Å². The summed E-state index contributed by atoms with van der Waals surface area (Å²) in [7, 11) is 1.59. The largest absolute Gasteiger partial charge is 0.493 e. The predicted octanol–water partition coefficient (Wildman–Crippen LogP) is 5.55. The van der Waals surface area contributed by atoms with E-state index in [2.05, 4.69) is 44.0 Å². The molecule has 0 fully saturated rings. The standard InChI is InChI=1S/C24H18IN5O2S/c1-31-21-12-16(11-20(25)22(21)32-15-19-10-6-5-9-18(19)13-26)14-27-30-23(28-29-24(30)33)17-7-3-2-4-8-17/h2-12,14H,15H2,1H3,(H,29,33)/b27-14-. The number of H-pyrrole nitrogens is 1. The van der Waals surface area contributed by atoms with E-state index < -0.39 is 0 Å². The predicted molar refractivity (Wildman–Crippen MR) is 137 cm³/mol. The van der Waals surface area contributed by atoms with Gasteiger partial charge in [-0.15, -0.1) is 0 Å². The van der Waals surface area contributed by atoms with Crippen LogP contribution in [-0.2, 0) is 6.61 Å². The van der Waals surface area contributed by atoms with Crippen LogP contribution in [0.4, 0.5) is 0 Å². The van der Waals surface area contributed by atoms with Crippen LogP contribution >= 0.6 is 34.8 Å². The molecule has 0 radical (unpaired) electrons. The molecule has 0 aliphatic rings. The number of methoxy groups -OCH3 is 1. The summed E-state index contributed by atoms with van der Waals surface area (Å²) in [6, 6.07) is 23.0. The SMILES string of the molecule is COc1cc(/C=N\n2c(-c3ccccc3)n[nH]c2=S)cc(I)c1OCc1ccccc1C#N. The van der Waals surface area contributed by atoms with E-state index in [-0.39, 0.29) is 6.61 Å². The molecule has 164 valence electrons. The lowest BCUT2D eigenvalue weighted by molar-refractivity contribution is 0.282. The molecule has 0 spiro atoms. The number of nitriles is 1. The van der Waals surface area contributed by atoms with Gasteiger partial charge in [-0.3, -0.25) is 0 Å². The van der Waals surface area contributed by atoms with Crippen LogP contribution in [0.5, 0.6) is 11.5 Å². The fourth-order valence-corrected chi connectivity index (χ4v) is 4.12. The van der Waals surface area contributed by atoms with E-state index >= 15 is 0 Å². The Morgan fingerprint density at radius 3 is 2.70 bits per heavy atom. The second kappa shape index (κ2) is 10.4. The lowest BCUT2D eigenvalue weighted by Gasteiger charge is -2.14. The Labute approximate surface area is 209 Å². The fraction of sp³-hybridized carbons (Fsp3) is 0.0833. The number of halogens is 1. The lowest BCUT2D eigenvalue weighted by Crippen LogP contribution is -2.02. The van der Waals surface area contributed by atoms with Crippen molar-refractivity contribution >= 4 is 41.0 Å². The van der Waals surface area contributed by atoms with Crippen LogP contribution < -0.4 is 9.47 Å². The number of hydrogen-bond acceptors (Lipinski definition) is 6. The van der Waals surface area contributed by atoms with Crippen LogP contribution in [0.2, 0.25) is 0 Å². The molecule has 3 aromatic carbocycles. The molecule has 0 amide bonds. The van der Waals surface area contributed by atoms with Crippen LogP contribution in [0.3, 0.4) is 0 Å². The molecule has 0 aliphatic heterocycles. The molecule has 0 bridgehead atoms. The third-order valence-corrected chi connectivity index (χ3v) is 5.83. The van der Waals surface area contributed by atoms with Crippen LogP contribution in [0, 0.1) is 19.7 Å². The number of nitrogens with zero attached hydrogens (tertiary/aromatic N) is 4. The Kier molecular flexibility index (Phi) is 7.16. The molecule has 9 heteroatoms. The van der Waals surface area contributed by atoms with Crippen molar-refractivity contribution in [2.45, 2.75) is 6.61 Å². The van der Waals surface area contributed by atoms with Crippen LogP contribution in [-0.4, -0.2) is 28.2 Å². The van der Waals surface area contributed by atoms with Crippen molar-refractivity contribution in [1.29, 1.82) is 5.26 Å². The van der Waals surface area contributed by atoms with E-state index in [9.17, 15) is 5.26 Å². The highest BCUT2D eigenvalue weighted by molar-refractivity contribution is 14.1. The van der Waals surface area contributed by atoms with Crippen molar-refractivity contribution in [1.82, 2.24) is 14.9 Å². The molecule has 0 saturated carbocycles. The van der Waals surface area contributed by atoms with Crippen molar-refractivity contribution in [2.75, 3.05) is 7.11 Å². The first kappa shape index (κ1) is 22.7. The fourth-order valence-electron chi connectivity index (χ4n) is 3.16. The van der Waals surface area contributed by atoms with Crippen LogP contribution in [0.15, 0.2) is 71.8 Å². The second-order valence-corrected chi connectivity index (χ2v) is 8.42. The molecule has 0 saturated heterocycles. The minimum Gasteiger partial charge on any atom is -0.493 e. The molecule has 4 aromatic rings. The Morgan fingerprint density at radius 1 is 1.18 bits per heavy atom. The van der Waals surface area contributed by atoms with Crippen molar-refractivity contribution in [3.8, 4) is 29.0 Å². The number of hydrogen-bond donors (Lipinski definition) is 1. The maximum Gasteiger partial charge on any atom is 0.216 e. The first-order valence-corrected chi connectivity index (χ1v) is 11.3. The average Bonchev–Trinajstić information content (AvgIpc) is 3.22. The number of rotatable bonds is 7. The third-order valence-electron chi connectivity index (χ3n) is 4.77. The summed E-state index contributed by atoms with van der Waals surface area (Å²) < 4.78 is 14.4. The zero-order valence-electron chi connectivity index (χ0n) is 17.5. The summed E-state index contributed by atoms with van der Waals surface area (Å²) in [6.07, 6.45) is 1.69. The molecule has 0 unspecified atom stereocenters. The van der Waals surface area contributed by atoms with Crippen molar-refractivity contribution < 1.29 is 9.47 Å². The van der Waals surface area contributed by atoms with Gasteiger partial charge in [-0.1, -0.05) is 48.5 Å². The van der Waals surface area contributed by atoms with Crippen LogP contribution in [0.1, 0.15) is 16.7 Å². The molecular formula is C24H18IN5O2S. The summed E-state index contributed by atoms with van der Waals surface area (Å²) in [5, 5.41) is 20.9. The molecule has 0 aliphatic carbocycles. The van der Waals surface area contributed by atoms with E-state index in [1.54, 1.807) is 24.1 Å². The second-order valence-electron chi connectivity index (χ2n) is 6.87. The third kappa shape index (κ3) is 5.13. The summed E-state index contributed by atoms with van der Waals surface area (Å²) in [5.41, 5.74) is 3.10. The number of benzene rings is 3. The molecule has 1 heterocycles. The zero-order valence-corrected chi connectivity index (χ0v) is 20.5. The normalized spacial score (nSPS) is 10.8. The summed E-state index contributed by atoms with van der Waals surface area (Å²) in [5.74, 6) is 1.79. The van der Waals surface area contributed by atoms with E-state index in [0.29, 0.717) is 27.7 Å². The lowest BCUT2D eigenvalue weighted by atomic mass is 10.1. The van der Waals surface area contributed by atoms with Gasteiger partial charge in [0.05, 0.1) is 28.5 Å². The summed E-state index contributed by atoms with van der Waals surface area (Å²) in [6.45, 7) is 0.258. The minimum atomic E-state index is 0.258.